The lowest BCUT2D eigenvalue weighted by Gasteiger charge is -2.22. The number of ether oxygens (including phenoxy) is 1. The van der Waals surface area contributed by atoms with E-state index in [1.807, 2.05) is 18.7 Å². The molecule has 0 spiro atoms. The zero-order chi connectivity index (χ0) is 18.9. The first-order chi connectivity index (χ1) is 12.2. The number of carbonyl (C=O) groups is 1. The molecule has 8 nitrogen and oxygen atoms in total. The molecule has 2 heterocycles. The number of rotatable bonds is 4. The van der Waals surface area contributed by atoms with Crippen LogP contribution in [0.1, 0.15) is 30.6 Å². The standard InChI is InChI=1S/C17H21BrN4O4/c1-17(2)9-12(11-26-17)10-20-7-8-21(16(20)19-22(24)25)15(23)13-3-5-14(18)6-4-13/h3-6,12H,7-11H2,1-2H3. The monoisotopic (exact) mass is 424 g/mol. The number of halogens is 1. The van der Waals surface area contributed by atoms with E-state index in [0.29, 0.717) is 31.8 Å². The van der Waals surface area contributed by atoms with Crippen LogP contribution in [0.3, 0.4) is 0 Å². The Labute approximate surface area is 160 Å². The van der Waals surface area contributed by atoms with Crippen molar-refractivity contribution in [2.45, 2.75) is 25.9 Å². The molecule has 2 aliphatic rings. The molecular formula is C17H21BrN4O4. The molecule has 0 aliphatic carbocycles. The van der Waals surface area contributed by atoms with E-state index in [0.717, 1.165) is 10.9 Å². The first kappa shape index (κ1) is 18.8. The van der Waals surface area contributed by atoms with Gasteiger partial charge in [-0.15, -0.1) is 0 Å². The molecule has 1 unspecified atom stereocenters. The molecule has 0 bridgehead atoms. The van der Waals surface area contributed by atoms with Gasteiger partial charge < -0.3 is 9.64 Å². The van der Waals surface area contributed by atoms with Gasteiger partial charge in [0.1, 0.15) is 5.10 Å². The van der Waals surface area contributed by atoms with E-state index in [4.69, 9.17) is 4.74 Å². The van der Waals surface area contributed by atoms with Gasteiger partial charge in [-0.1, -0.05) is 15.9 Å². The van der Waals surface area contributed by atoms with E-state index in [-0.39, 0.29) is 23.4 Å². The fourth-order valence-corrected chi connectivity index (χ4v) is 3.75. The summed E-state index contributed by atoms with van der Waals surface area (Å²) in [6, 6.07) is 6.91. The molecule has 1 atom stereocenters. The van der Waals surface area contributed by atoms with Crippen LogP contribution in [0.5, 0.6) is 0 Å². The Morgan fingerprint density at radius 2 is 2.08 bits per heavy atom. The van der Waals surface area contributed by atoms with Crippen LogP contribution >= 0.6 is 15.9 Å². The highest BCUT2D eigenvalue weighted by atomic mass is 79.9. The molecule has 3 rings (SSSR count). The molecule has 9 heteroatoms. The van der Waals surface area contributed by atoms with Crippen molar-refractivity contribution in [1.29, 1.82) is 0 Å². The Balaban J connectivity index is 1.77. The highest BCUT2D eigenvalue weighted by Gasteiger charge is 2.39. The molecule has 1 aromatic rings. The molecule has 2 aliphatic heterocycles. The van der Waals surface area contributed by atoms with Gasteiger partial charge >= 0.3 is 0 Å². The van der Waals surface area contributed by atoms with Gasteiger partial charge in [0.25, 0.3) is 11.9 Å². The average Bonchev–Trinajstić information content (AvgIpc) is 3.10. The summed E-state index contributed by atoms with van der Waals surface area (Å²) in [4.78, 5) is 27.0. The summed E-state index contributed by atoms with van der Waals surface area (Å²) >= 11 is 3.33. The maximum atomic E-state index is 12.8. The van der Waals surface area contributed by atoms with E-state index in [9.17, 15) is 14.9 Å². The molecule has 140 valence electrons. The summed E-state index contributed by atoms with van der Waals surface area (Å²) < 4.78 is 6.61. The third kappa shape index (κ3) is 4.21. The Bertz CT molecular complexity index is 735. The fraction of sp³-hybridized carbons (Fsp3) is 0.529. The minimum absolute atomic E-state index is 0.104. The summed E-state index contributed by atoms with van der Waals surface area (Å²) in [6.45, 7) is 6.15. The first-order valence-corrected chi connectivity index (χ1v) is 9.24. The molecule has 26 heavy (non-hydrogen) atoms. The zero-order valence-electron chi connectivity index (χ0n) is 14.7. The largest absolute Gasteiger partial charge is 0.375 e. The van der Waals surface area contributed by atoms with Crippen molar-refractivity contribution in [3.63, 3.8) is 0 Å². The molecule has 2 saturated heterocycles. The summed E-state index contributed by atoms with van der Waals surface area (Å²) in [7, 11) is 0. The SMILES string of the molecule is CC1(C)CC(CN2CCN(C(=O)c3ccc(Br)cc3)C2=N[N+](=O)[O-])CO1. The highest BCUT2D eigenvalue weighted by Crippen LogP contribution is 2.30. The number of carbonyl (C=O) groups excluding carboxylic acids is 1. The average molecular weight is 425 g/mol. The fourth-order valence-electron chi connectivity index (χ4n) is 3.48. The smallest absolute Gasteiger partial charge is 0.281 e. The minimum Gasteiger partial charge on any atom is -0.375 e. The summed E-state index contributed by atoms with van der Waals surface area (Å²) in [5.41, 5.74) is 0.286. The number of guanidine groups is 1. The predicted octanol–water partition coefficient (Wildman–Crippen LogP) is 2.57. The number of hydrogen-bond acceptors (Lipinski definition) is 4. The molecule has 1 aromatic carbocycles. The van der Waals surface area contributed by atoms with Gasteiger partial charge in [-0.2, -0.15) is 0 Å². The second-order valence-electron chi connectivity index (χ2n) is 7.19. The van der Waals surface area contributed by atoms with E-state index >= 15 is 0 Å². The van der Waals surface area contributed by atoms with E-state index < -0.39 is 5.03 Å². The quantitative estimate of drug-likeness (QED) is 0.547. The van der Waals surface area contributed by atoms with Crippen LogP contribution in [0.4, 0.5) is 0 Å². The van der Waals surface area contributed by atoms with Gasteiger partial charge in [-0.25, -0.2) is 10.1 Å². The third-order valence-corrected chi connectivity index (χ3v) is 5.12. The van der Waals surface area contributed by atoms with Gasteiger partial charge in [0.2, 0.25) is 0 Å². The van der Waals surface area contributed by atoms with Crippen LogP contribution < -0.4 is 0 Å². The summed E-state index contributed by atoms with van der Waals surface area (Å²) in [5, 5.41) is 13.8. The van der Waals surface area contributed by atoms with Gasteiger partial charge in [-0.05, 0) is 44.5 Å². The van der Waals surface area contributed by atoms with Gasteiger partial charge in [0.05, 0.1) is 12.2 Å². The first-order valence-electron chi connectivity index (χ1n) is 8.44. The van der Waals surface area contributed by atoms with Crippen molar-refractivity contribution in [2.24, 2.45) is 11.0 Å². The lowest BCUT2D eigenvalue weighted by molar-refractivity contribution is -0.486. The molecule has 0 saturated carbocycles. The topological polar surface area (TPSA) is 88.3 Å². The van der Waals surface area contributed by atoms with Crippen molar-refractivity contribution in [1.82, 2.24) is 9.80 Å². The van der Waals surface area contributed by atoms with Crippen LogP contribution in [0, 0.1) is 16.0 Å². The third-order valence-electron chi connectivity index (χ3n) is 4.59. The molecule has 0 radical (unpaired) electrons. The van der Waals surface area contributed by atoms with Crippen molar-refractivity contribution < 1.29 is 14.6 Å². The van der Waals surface area contributed by atoms with Crippen molar-refractivity contribution in [3.8, 4) is 0 Å². The number of nitrogens with zero attached hydrogens (tertiary/aromatic N) is 4. The normalized spacial score (nSPS) is 23.7. The Kier molecular flexibility index (Phi) is 5.29. The zero-order valence-corrected chi connectivity index (χ0v) is 16.3. The Morgan fingerprint density at radius 3 is 2.65 bits per heavy atom. The number of amides is 1. The van der Waals surface area contributed by atoms with Crippen LogP contribution in [-0.4, -0.2) is 58.5 Å². The second-order valence-corrected chi connectivity index (χ2v) is 8.10. The highest BCUT2D eigenvalue weighted by molar-refractivity contribution is 9.10. The van der Waals surface area contributed by atoms with Gasteiger partial charge in [0, 0.05) is 35.6 Å². The number of hydrogen-bond donors (Lipinski definition) is 0. The van der Waals surface area contributed by atoms with Crippen LogP contribution in [-0.2, 0) is 4.74 Å². The predicted molar refractivity (Wildman–Crippen MR) is 99.3 cm³/mol. The molecule has 1 amide bonds. The van der Waals surface area contributed by atoms with Crippen molar-refractivity contribution in [3.05, 3.63) is 44.4 Å². The molecule has 0 N–H and O–H groups in total. The maximum absolute atomic E-state index is 12.8. The van der Waals surface area contributed by atoms with E-state index in [1.54, 1.807) is 24.3 Å². The Hall–Kier alpha value is -2.00. The van der Waals surface area contributed by atoms with Gasteiger partial charge in [-0.3, -0.25) is 9.69 Å². The lowest BCUT2D eigenvalue weighted by atomic mass is 9.97. The van der Waals surface area contributed by atoms with Gasteiger partial charge in [0.15, 0.2) is 5.03 Å². The molecular weight excluding hydrogens is 404 g/mol. The molecule has 0 aromatic heterocycles. The number of nitro groups is 1. The summed E-state index contributed by atoms with van der Waals surface area (Å²) in [5.74, 6) is 0.0703. The number of benzene rings is 1. The minimum atomic E-state index is -0.745. The molecule has 2 fully saturated rings. The Morgan fingerprint density at radius 1 is 1.38 bits per heavy atom. The van der Waals surface area contributed by atoms with Crippen molar-refractivity contribution in [2.75, 3.05) is 26.2 Å². The lowest BCUT2D eigenvalue weighted by Crippen LogP contribution is -2.40. The summed E-state index contributed by atoms with van der Waals surface area (Å²) in [6.07, 6.45) is 0.871. The van der Waals surface area contributed by atoms with Crippen LogP contribution in [0.25, 0.3) is 0 Å². The number of hydrazone groups is 1. The maximum Gasteiger partial charge on any atom is 0.281 e. The van der Waals surface area contributed by atoms with Crippen LogP contribution in [0.15, 0.2) is 33.8 Å². The van der Waals surface area contributed by atoms with Crippen LogP contribution in [0.2, 0.25) is 0 Å². The van der Waals surface area contributed by atoms with Crippen molar-refractivity contribution >= 4 is 27.8 Å². The van der Waals surface area contributed by atoms with E-state index in [1.165, 1.54) is 4.90 Å². The van der Waals surface area contributed by atoms with E-state index in [2.05, 4.69) is 21.0 Å². The second kappa shape index (κ2) is 7.32.